The molecule has 0 saturated heterocycles. The Labute approximate surface area is 127 Å². The van der Waals surface area contributed by atoms with E-state index in [-0.39, 0.29) is 6.09 Å². The lowest BCUT2D eigenvalue weighted by atomic mass is 10.1. The van der Waals surface area contributed by atoms with Crippen molar-refractivity contribution in [3.05, 3.63) is 35.9 Å². The molecular formula is C17H26N2O2. The van der Waals surface area contributed by atoms with Crippen molar-refractivity contribution in [1.29, 1.82) is 0 Å². The smallest absolute Gasteiger partial charge is 0.407 e. The third-order valence-electron chi connectivity index (χ3n) is 3.45. The summed E-state index contributed by atoms with van der Waals surface area (Å²) < 4.78 is 5.18. The summed E-state index contributed by atoms with van der Waals surface area (Å²) in [6.45, 7) is 7.16. The highest BCUT2D eigenvalue weighted by atomic mass is 16.6. The van der Waals surface area contributed by atoms with E-state index < -0.39 is 5.60 Å². The molecule has 116 valence electrons. The van der Waals surface area contributed by atoms with E-state index in [1.54, 1.807) is 0 Å². The summed E-state index contributed by atoms with van der Waals surface area (Å²) in [7, 11) is 0. The number of carbonyl (C=O) groups is 1. The Morgan fingerprint density at radius 3 is 2.62 bits per heavy atom. The average molecular weight is 290 g/mol. The molecule has 0 spiro atoms. The lowest BCUT2D eigenvalue weighted by Gasteiger charge is -2.19. The van der Waals surface area contributed by atoms with Gasteiger partial charge < -0.3 is 15.4 Å². The maximum Gasteiger partial charge on any atom is 0.407 e. The number of rotatable bonds is 6. The summed E-state index contributed by atoms with van der Waals surface area (Å²) in [5, 5.41) is 6.31. The van der Waals surface area contributed by atoms with Crippen LogP contribution in [0.25, 0.3) is 0 Å². The molecule has 0 bridgehead atoms. The molecule has 2 N–H and O–H groups in total. The Morgan fingerprint density at radius 2 is 1.95 bits per heavy atom. The van der Waals surface area contributed by atoms with Gasteiger partial charge in [-0.15, -0.1) is 0 Å². The van der Waals surface area contributed by atoms with Crippen LogP contribution in [-0.2, 0) is 4.74 Å². The predicted octanol–water partition coefficient (Wildman–Crippen LogP) is 3.05. The third kappa shape index (κ3) is 5.76. The molecule has 1 fully saturated rings. The fourth-order valence-electron chi connectivity index (χ4n) is 2.37. The van der Waals surface area contributed by atoms with Gasteiger partial charge >= 0.3 is 6.09 Å². The highest BCUT2D eigenvalue weighted by Gasteiger charge is 2.37. The molecular weight excluding hydrogens is 264 g/mol. The minimum absolute atomic E-state index is 0.337. The van der Waals surface area contributed by atoms with Gasteiger partial charge in [0.05, 0.1) is 0 Å². The highest BCUT2D eigenvalue weighted by Crippen LogP contribution is 2.40. The monoisotopic (exact) mass is 290 g/mol. The van der Waals surface area contributed by atoms with Gasteiger partial charge in [-0.3, -0.25) is 0 Å². The first-order chi connectivity index (χ1) is 9.96. The zero-order valence-corrected chi connectivity index (χ0v) is 13.2. The Morgan fingerprint density at radius 1 is 1.24 bits per heavy atom. The van der Waals surface area contributed by atoms with Gasteiger partial charge in [-0.05, 0) is 45.7 Å². The maximum absolute atomic E-state index is 11.5. The molecule has 0 heterocycles. The molecule has 2 unspecified atom stereocenters. The second-order valence-electron chi connectivity index (χ2n) is 6.60. The number of alkyl carbamates (subject to hydrolysis) is 1. The molecule has 1 aliphatic rings. The van der Waals surface area contributed by atoms with E-state index >= 15 is 0 Å². The molecule has 0 aliphatic heterocycles. The Balaban J connectivity index is 1.53. The molecule has 21 heavy (non-hydrogen) atoms. The second-order valence-corrected chi connectivity index (χ2v) is 6.60. The summed E-state index contributed by atoms with van der Waals surface area (Å²) in [5.41, 5.74) is 0.987. The number of amides is 1. The van der Waals surface area contributed by atoms with E-state index in [2.05, 4.69) is 41.0 Å². The van der Waals surface area contributed by atoms with Crippen molar-refractivity contribution in [2.24, 2.45) is 0 Å². The van der Waals surface area contributed by atoms with Gasteiger partial charge in [0.1, 0.15) is 5.60 Å². The van der Waals surface area contributed by atoms with Crippen LogP contribution in [0.2, 0.25) is 0 Å². The van der Waals surface area contributed by atoms with Crippen LogP contribution in [-0.4, -0.2) is 30.8 Å². The number of hydrogen-bond acceptors (Lipinski definition) is 3. The minimum Gasteiger partial charge on any atom is -0.444 e. The molecule has 1 amide bonds. The van der Waals surface area contributed by atoms with Crippen LogP contribution in [0.3, 0.4) is 0 Å². The summed E-state index contributed by atoms with van der Waals surface area (Å²) >= 11 is 0. The van der Waals surface area contributed by atoms with Gasteiger partial charge in [0, 0.05) is 18.5 Å². The van der Waals surface area contributed by atoms with E-state index in [0.29, 0.717) is 18.5 Å². The molecule has 1 saturated carbocycles. The van der Waals surface area contributed by atoms with Crippen molar-refractivity contribution in [2.45, 2.75) is 51.2 Å². The molecule has 2 atom stereocenters. The fraction of sp³-hybridized carbons (Fsp3) is 0.588. The SMILES string of the molecule is CC(C)(C)OC(=O)NCCCNC1CC1c1ccccc1. The van der Waals surface area contributed by atoms with Crippen molar-refractivity contribution in [2.75, 3.05) is 13.1 Å². The zero-order chi connectivity index (χ0) is 15.3. The number of hydrogen-bond donors (Lipinski definition) is 2. The van der Waals surface area contributed by atoms with Crippen LogP contribution >= 0.6 is 0 Å². The first kappa shape index (κ1) is 15.8. The zero-order valence-electron chi connectivity index (χ0n) is 13.2. The number of carbonyl (C=O) groups excluding carboxylic acids is 1. The molecule has 0 aromatic heterocycles. The van der Waals surface area contributed by atoms with E-state index in [0.717, 1.165) is 13.0 Å². The van der Waals surface area contributed by atoms with Gasteiger partial charge in [-0.2, -0.15) is 0 Å². The number of benzene rings is 1. The first-order valence-electron chi connectivity index (χ1n) is 7.71. The van der Waals surface area contributed by atoms with E-state index in [1.165, 1.54) is 12.0 Å². The lowest BCUT2D eigenvalue weighted by Crippen LogP contribution is -2.34. The normalized spacial score (nSPS) is 20.9. The van der Waals surface area contributed by atoms with Crippen molar-refractivity contribution in [1.82, 2.24) is 10.6 Å². The van der Waals surface area contributed by atoms with Gasteiger partial charge in [0.2, 0.25) is 0 Å². The quantitative estimate of drug-likeness (QED) is 0.792. The third-order valence-corrected chi connectivity index (χ3v) is 3.45. The van der Waals surface area contributed by atoms with Crippen molar-refractivity contribution >= 4 is 6.09 Å². The summed E-state index contributed by atoms with van der Waals surface area (Å²) in [4.78, 5) is 11.5. The molecule has 0 radical (unpaired) electrons. The van der Waals surface area contributed by atoms with E-state index in [1.807, 2.05) is 20.8 Å². The van der Waals surface area contributed by atoms with E-state index in [9.17, 15) is 4.79 Å². The van der Waals surface area contributed by atoms with E-state index in [4.69, 9.17) is 4.74 Å². The summed E-state index contributed by atoms with van der Waals surface area (Å²) in [6.07, 6.45) is 1.79. The lowest BCUT2D eigenvalue weighted by molar-refractivity contribution is 0.0527. The minimum atomic E-state index is -0.431. The standard InChI is InChI=1S/C17H26N2O2/c1-17(2,3)21-16(20)19-11-7-10-18-15-12-14(15)13-8-5-4-6-9-13/h4-6,8-9,14-15,18H,7,10-12H2,1-3H3,(H,19,20). The topological polar surface area (TPSA) is 50.4 Å². The van der Waals surface area contributed by atoms with Crippen LogP contribution in [0.4, 0.5) is 4.79 Å². The fourth-order valence-corrected chi connectivity index (χ4v) is 2.37. The van der Waals surface area contributed by atoms with Gasteiger partial charge in [-0.1, -0.05) is 30.3 Å². The van der Waals surface area contributed by atoms with Crippen LogP contribution in [0, 0.1) is 0 Å². The Hall–Kier alpha value is -1.55. The second kappa shape index (κ2) is 6.94. The van der Waals surface area contributed by atoms with Crippen molar-refractivity contribution in [3.8, 4) is 0 Å². The molecule has 1 aromatic rings. The summed E-state index contributed by atoms with van der Waals surface area (Å²) in [5.74, 6) is 0.657. The largest absolute Gasteiger partial charge is 0.444 e. The van der Waals surface area contributed by atoms with Gasteiger partial charge in [0.15, 0.2) is 0 Å². The first-order valence-corrected chi connectivity index (χ1v) is 7.71. The molecule has 4 heteroatoms. The predicted molar refractivity (Wildman–Crippen MR) is 84.4 cm³/mol. The molecule has 2 rings (SSSR count). The van der Waals surface area contributed by atoms with Crippen LogP contribution in [0.15, 0.2) is 30.3 Å². The molecule has 1 aromatic carbocycles. The van der Waals surface area contributed by atoms with Crippen LogP contribution in [0.5, 0.6) is 0 Å². The Bertz CT molecular complexity index is 454. The number of nitrogens with one attached hydrogen (secondary N) is 2. The number of ether oxygens (including phenoxy) is 1. The van der Waals surface area contributed by atoms with Gasteiger partial charge in [0.25, 0.3) is 0 Å². The highest BCUT2D eigenvalue weighted by molar-refractivity contribution is 5.67. The summed E-state index contributed by atoms with van der Waals surface area (Å²) in [6, 6.07) is 11.2. The van der Waals surface area contributed by atoms with Crippen LogP contribution in [0.1, 0.15) is 45.1 Å². The van der Waals surface area contributed by atoms with Crippen LogP contribution < -0.4 is 10.6 Å². The van der Waals surface area contributed by atoms with Crippen molar-refractivity contribution in [3.63, 3.8) is 0 Å². The average Bonchev–Trinajstić information content (AvgIpc) is 3.17. The Kier molecular flexibility index (Phi) is 5.23. The maximum atomic E-state index is 11.5. The van der Waals surface area contributed by atoms with Crippen molar-refractivity contribution < 1.29 is 9.53 Å². The molecule has 4 nitrogen and oxygen atoms in total. The van der Waals surface area contributed by atoms with Gasteiger partial charge in [-0.25, -0.2) is 4.79 Å². The molecule has 1 aliphatic carbocycles.